The molecule has 18 heavy (non-hydrogen) atoms. The first-order valence-electron chi connectivity index (χ1n) is 5.27. The third-order valence-corrected chi connectivity index (χ3v) is 3.25. The number of hydrogen-bond donors (Lipinski definition) is 2. The molecule has 6 heteroatoms. The van der Waals surface area contributed by atoms with Crippen LogP contribution < -0.4 is 4.90 Å². The summed E-state index contributed by atoms with van der Waals surface area (Å²) in [6.07, 6.45) is 0. The fourth-order valence-corrected chi connectivity index (χ4v) is 2.06. The van der Waals surface area contributed by atoms with Gasteiger partial charge in [0.05, 0.1) is 11.4 Å². The molecule has 0 fully saturated rings. The van der Waals surface area contributed by atoms with Gasteiger partial charge in [0.15, 0.2) is 0 Å². The zero-order valence-corrected chi connectivity index (χ0v) is 11.8. The highest BCUT2D eigenvalue weighted by atomic mass is 35.5. The first-order valence-corrected chi connectivity index (χ1v) is 6.28. The molecule has 0 aliphatic carbocycles. The van der Waals surface area contributed by atoms with Crippen LogP contribution in [0.25, 0.3) is 0 Å². The number of rotatable bonds is 4. The van der Waals surface area contributed by atoms with Gasteiger partial charge in [-0.15, -0.1) is 0 Å². The molecule has 0 spiro atoms. The largest absolute Gasteiger partial charge is 0.480 e. The molecule has 4 nitrogen and oxygen atoms in total. The number of carbonyl (C=O) groups is 2. The van der Waals surface area contributed by atoms with E-state index < -0.39 is 12.5 Å². The van der Waals surface area contributed by atoms with Crippen molar-refractivity contribution in [3.8, 4) is 0 Å². The summed E-state index contributed by atoms with van der Waals surface area (Å²) < 4.78 is 0. The van der Waals surface area contributed by atoms with Crippen molar-refractivity contribution in [3.63, 3.8) is 0 Å². The molecule has 0 aliphatic heterocycles. The second-order valence-electron chi connectivity index (χ2n) is 3.87. The Hall–Kier alpha value is -1.20. The zero-order valence-electron chi connectivity index (χ0n) is 10.1. The number of aryl methyl sites for hydroxylation is 1. The molecule has 0 saturated heterocycles. The number of anilines is 1. The van der Waals surface area contributed by atoms with Crippen molar-refractivity contribution >= 4 is 41.8 Å². The first kappa shape index (κ1) is 14.9. The number of carboxylic acid groups (broad SMARTS) is 1. The van der Waals surface area contributed by atoms with E-state index in [2.05, 4.69) is 12.6 Å². The molecular weight excluding hydrogens is 274 g/mol. The molecule has 1 N–H and O–H groups in total. The second-order valence-corrected chi connectivity index (χ2v) is 4.59. The number of benzene rings is 1. The molecule has 1 rings (SSSR count). The van der Waals surface area contributed by atoms with Gasteiger partial charge in [0.1, 0.15) is 6.54 Å². The molecule has 0 bridgehead atoms. The number of aliphatic carboxylic acids is 1. The standard InChI is InChI=1S/C12H14ClNO3S/c1-7-3-4-9(13)8(2)12(7)14(5-11(16)17)10(15)6-18/h3-4,18H,5-6H2,1-2H3,(H,16,17). The van der Waals surface area contributed by atoms with Crippen molar-refractivity contribution in [1.82, 2.24) is 0 Å². The van der Waals surface area contributed by atoms with Crippen molar-refractivity contribution in [1.29, 1.82) is 0 Å². The van der Waals surface area contributed by atoms with Crippen molar-refractivity contribution in [2.24, 2.45) is 0 Å². The van der Waals surface area contributed by atoms with E-state index in [-0.39, 0.29) is 11.7 Å². The molecule has 0 aromatic heterocycles. The van der Waals surface area contributed by atoms with Crippen molar-refractivity contribution in [3.05, 3.63) is 28.3 Å². The molecule has 0 aliphatic rings. The van der Waals surface area contributed by atoms with Gasteiger partial charge in [-0.1, -0.05) is 17.7 Å². The highest BCUT2D eigenvalue weighted by molar-refractivity contribution is 7.81. The Kier molecular flexibility index (Phi) is 5.04. The van der Waals surface area contributed by atoms with Crippen molar-refractivity contribution in [2.75, 3.05) is 17.2 Å². The highest BCUT2D eigenvalue weighted by Crippen LogP contribution is 2.30. The Labute approximate surface area is 116 Å². The molecule has 98 valence electrons. The Bertz CT molecular complexity index is 490. The minimum Gasteiger partial charge on any atom is -0.480 e. The van der Waals surface area contributed by atoms with Gasteiger partial charge in [0.2, 0.25) is 5.91 Å². The molecule has 0 heterocycles. The van der Waals surface area contributed by atoms with Gasteiger partial charge < -0.3 is 5.11 Å². The summed E-state index contributed by atoms with van der Waals surface area (Å²) in [5.41, 5.74) is 2.03. The summed E-state index contributed by atoms with van der Waals surface area (Å²) in [7, 11) is 0. The van der Waals surface area contributed by atoms with Gasteiger partial charge in [-0.05, 0) is 31.0 Å². The van der Waals surface area contributed by atoms with Gasteiger partial charge in [0.25, 0.3) is 0 Å². The summed E-state index contributed by atoms with van der Waals surface area (Å²) in [5.74, 6) is -1.50. The van der Waals surface area contributed by atoms with Crippen LogP contribution in [0.5, 0.6) is 0 Å². The molecule has 0 radical (unpaired) electrons. The zero-order chi connectivity index (χ0) is 13.9. The maximum atomic E-state index is 11.8. The number of carbonyl (C=O) groups excluding carboxylic acids is 1. The van der Waals surface area contributed by atoms with E-state index in [1.807, 2.05) is 0 Å². The summed E-state index contributed by atoms with van der Waals surface area (Å²) in [4.78, 5) is 23.9. The third-order valence-electron chi connectivity index (χ3n) is 2.57. The van der Waals surface area contributed by atoms with Crippen LogP contribution in [-0.2, 0) is 9.59 Å². The van der Waals surface area contributed by atoms with Gasteiger partial charge in [0, 0.05) is 5.02 Å². The lowest BCUT2D eigenvalue weighted by Crippen LogP contribution is -2.37. The maximum Gasteiger partial charge on any atom is 0.323 e. The SMILES string of the molecule is Cc1ccc(Cl)c(C)c1N(CC(=O)O)C(=O)CS. The lowest BCUT2D eigenvalue weighted by Gasteiger charge is -2.24. The Morgan fingerprint density at radius 1 is 1.39 bits per heavy atom. The summed E-state index contributed by atoms with van der Waals surface area (Å²) in [6, 6.07) is 3.48. The molecular formula is C12H14ClNO3S. The minimum atomic E-state index is -1.08. The van der Waals surface area contributed by atoms with E-state index in [1.54, 1.807) is 26.0 Å². The Morgan fingerprint density at radius 3 is 2.50 bits per heavy atom. The normalized spacial score (nSPS) is 10.2. The fourth-order valence-electron chi connectivity index (χ4n) is 1.74. The molecule has 0 atom stereocenters. The number of thiol groups is 1. The minimum absolute atomic E-state index is 0.0569. The average molecular weight is 288 g/mol. The molecule has 1 aromatic carbocycles. The van der Waals surface area contributed by atoms with E-state index in [1.165, 1.54) is 4.90 Å². The maximum absolute atomic E-state index is 11.8. The van der Waals surface area contributed by atoms with E-state index in [0.29, 0.717) is 16.3 Å². The quantitative estimate of drug-likeness (QED) is 0.836. The molecule has 0 saturated carbocycles. The smallest absolute Gasteiger partial charge is 0.323 e. The predicted octanol–water partition coefficient (Wildman–Crippen LogP) is 2.30. The number of amides is 1. The topological polar surface area (TPSA) is 57.6 Å². The third kappa shape index (κ3) is 3.17. The van der Waals surface area contributed by atoms with E-state index in [0.717, 1.165) is 5.56 Å². The lowest BCUT2D eigenvalue weighted by molar-refractivity contribution is -0.136. The number of carboxylic acids is 1. The van der Waals surface area contributed by atoms with Crippen molar-refractivity contribution < 1.29 is 14.7 Å². The van der Waals surface area contributed by atoms with Crippen LogP contribution in [0.1, 0.15) is 11.1 Å². The van der Waals surface area contributed by atoms with Crippen LogP contribution in [0.15, 0.2) is 12.1 Å². The predicted molar refractivity (Wildman–Crippen MR) is 74.8 cm³/mol. The Balaban J connectivity index is 3.32. The van der Waals surface area contributed by atoms with Crippen LogP contribution in [0.4, 0.5) is 5.69 Å². The van der Waals surface area contributed by atoms with Gasteiger partial charge in [-0.25, -0.2) is 0 Å². The van der Waals surface area contributed by atoms with Gasteiger partial charge in [-0.3, -0.25) is 14.5 Å². The molecule has 0 unspecified atom stereocenters. The monoisotopic (exact) mass is 287 g/mol. The lowest BCUT2D eigenvalue weighted by atomic mass is 10.1. The number of hydrogen-bond acceptors (Lipinski definition) is 3. The molecule has 1 amide bonds. The number of halogens is 1. The fraction of sp³-hybridized carbons (Fsp3) is 0.333. The van der Waals surface area contributed by atoms with Crippen LogP contribution in [0.3, 0.4) is 0 Å². The van der Waals surface area contributed by atoms with Crippen molar-refractivity contribution in [2.45, 2.75) is 13.8 Å². The van der Waals surface area contributed by atoms with Crippen LogP contribution in [0.2, 0.25) is 5.02 Å². The molecule has 1 aromatic rings. The first-order chi connectivity index (χ1) is 8.38. The average Bonchev–Trinajstić information content (AvgIpc) is 2.31. The highest BCUT2D eigenvalue weighted by Gasteiger charge is 2.21. The van der Waals surface area contributed by atoms with Gasteiger partial charge in [-0.2, -0.15) is 12.6 Å². The van der Waals surface area contributed by atoms with Crippen LogP contribution in [0, 0.1) is 13.8 Å². The summed E-state index contributed by atoms with van der Waals surface area (Å²) >= 11 is 9.91. The summed E-state index contributed by atoms with van der Waals surface area (Å²) in [5, 5.41) is 9.39. The summed E-state index contributed by atoms with van der Waals surface area (Å²) in [6.45, 7) is 3.16. The van der Waals surface area contributed by atoms with Gasteiger partial charge >= 0.3 is 5.97 Å². The number of nitrogens with zero attached hydrogens (tertiary/aromatic N) is 1. The van der Waals surface area contributed by atoms with E-state index in [9.17, 15) is 9.59 Å². The van der Waals surface area contributed by atoms with Crippen LogP contribution in [-0.4, -0.2) is 29.3 Å². The van der Waals surface area contributed by atoms with E-state index in [4.69, 9.17) is 16.7 Å². The second kappa shape index (κ2) is 6.11. The van der Waals surface area contributed by atoms with E-state index >= 15 is 0 Å². The van der Waals surface area contributed by atoms with Crippen LogP contribution >= 0.6 is 24.2 Å². The Morgan fingerprint density at radius 2 is 2.00 bits per heavy atom.